The summed E-state index contributed by atoms with van der Waals surface area (Å²) in [5, 5.41) is 0.784. The van der Waals surface area contributed by atoms with Crippen molar-refractivity contribution >= 4 is 10.9 Å². The molecule has 2 aromatic rings. The van der Waals surface area contributed by atoms with E-state index in [1.165, 1.54) is 10.8 Å². The normalized spacial score (nSPS) is 12.2. The third-order valence-electron chi connectivity index (χ3n) is 2.44. The molecule has 16 heavy (non-hydrogen) atoms. The summed E-state index contributed by atoms with van der Waals surface area (Å²) in [5.41, 5.74) is 6.81. The molecule has 1 aromatic carbocycles. The third-order valence-corrected chi connectivity index (χ3v) is 2.44. The highest BCUT2D eigenvalue weighted by molar-refractivity contribution is 5.83. The van der Waals surface area contributed by atoms with E-state index in [1.807, 2.05) is 0 Å². The second-order valence-corrected chi connectivity index (χ2v) is 3.62. The molecular formula is C11H11F3N2. The fraction of sp³-hybridized carbons (Fsp3) is 0.273. The van der Waals surface area contributed by atoms with Crippen LogP contribution in [0.2, 0.25) is 0 Å². The molecule has 0 aliphatic heterocycles. The maximum atomic E-state index is 12.3. The first-order valence-corrected chi connectivity index (χ1v) is 4.85. The predicted octanol–water partition coefficient (Wildman–Crippen LogP) is 2.66. The molecule has 0 fully saturated rings. The molecule has 0 saturated carbocycles. The number of benzene rings is 1. The molecule has 0 unspecified atom stereocenters. The minimum Gasteiger partial charge on any atom is -0.338 e. The van der Waals surface area contributed by atoms with Gasteiger partial charge in [0.2, 0.25) is 0 Å². The maximum absolute atomic E-state index is 12.3. The zero-order chi connectivity index (χ0) is 11.8. The lowest BCUT2D eigenvalue weighted by molar-refractivity contribution is -0.139. The standard InChI is InChI=1S/C11H11F3N2/c12-11(13,14)7-16-5-4-8-2-1-3-9(6-15)10(8)16/h1-5H,6-7,15H2. The zero-order valence-electron chi connectivity index (χ0n) is 8.46. The van der Waals surface area contributed by atoms with Gasteiger partial charge in [-0.3, -0.25) is 0 Å². The van der Waals surface area contributed by atoms with Gasteiger partial charge in [0.1, 0.15) is 6.54 Å². The summed E-state index contributed by atoms with van der Waals surface area (Å²) in [5.74, 6) is 0. The summed E-state index contributed by atoms with van der Waals surface area (Å²) in [6.45, 7) is -0.743. The van der Waals surface area contributed by atoms with Crippen molar-refractivity contribution in [1.29, 1.82) is 0 Å². The van der Waals surface area contributed by atoms with Crippen LogP contribution in [-0.4, -0.2) is 10.7 Å². The van der Waals surface area contributed by atoms with Crippen LogP contribution < -0.4 is 5.73 Å². The molecule has 0 amide bonds. The number of nitrogens with zero attached hydrogens (tertiary/aromatic N) is 1. The largest absolute Gasteiger partial charge is 0.406 e. The number of fused-ring (bicyclic) bond motifs is 1. The quantitative estimate of drug-likeness (QED) is 0.841. The van der Waals surface area contributed by atoms with Crippen molar-refractivity contribution in [3.63, 3.8) is 0 Å². The van der Waals surface area contributed by atoms with Crippen molar-refractivity contribution in [3.8, 4) is 0 Å². The monoisotopic (exact) mass is 228 g/mol. The number of aromatic nitrogens is 1. The van der Waals surface area contributed by atoms with Gasteiger partial charge in [0, 0.05) is 12.7 Å². The molecule has 0 saturated heterocycles. The van der Waals surface area contributed by atoms with Crippen LogP contribution in [0.1, 0.15) is 5.56 Å². The number of halogens is 3. The second-order valence-electron chi connectivity index (χ2n) is 3.62. The first kappa shape index (κ1) is 11.0. The molecule has 0 atom stereocenters. The highest BCUT2D eigenvalue weighted by Gasteiger charge is 2.28. The number of para-hydroxylation sites is 1. The van der Waals surface area contributed by atoms with E-state index in [1.54, 1.807) is 24.3 Å². The molecule has 2 N–H and O–H groups in total. The van der Waals surface area contributed by atoms with Crippen LogP contribution >= 0.6 is 0 Å². The average molecular weight is 228 g/mol. The van der Waals surface area contributed by atoms with Crippen molar-refractivity contribution in [2.75, 3.05) is 0 Å². The topological polar surface area (TPSA) is 30.9 Å². The van der Waals surface area contributed by atoms with Gasteiger partial charge in [-0.05, 0) is 17.0 Å². The highest BCUT2D eigenvalue weighted by atomic mass is 19.4. The van der Waals surface area contributed by atoms with Gasteiger partial charge in [-0.2, -0.15) is 13.2 Å². The Morgan fingerprint density at radius 2 is 1.94 bits per heavy atom. The zero-order valence-corrected chi connectivity index (χ0v) is 8.46. The summed E-state index contributed by atoms with van der Waals surface area (Å²) in [6, 6.07) is 6.99. The molecule has 0 aliphatic rings. The van der Waals surface area contributed by atoms with Crippen molar-refractivity contribution in [3.05, 3.63) is 36.0 Å². The van der Waals surface area contributed by atoms with Crippen LogP contribution in [-0.2, 0) is 13.1 Å². The van der Waals surface area contributed by atoms with Gasteiger partial charge < -0.3 is 10.3 Å². The third kappa shape index (κ3) is 2.04. The predicted molar refractivity (Wildman–Crippen MR) is 55.9 cm³/mol. The minimum absolute atomic E-state index is 0.235. The Bertz CT molecular complexity index is 499. The summed E-state index contributed by atoms with van der Waals surface area (Å²) >= 11 is 0. The Hall–Kier alpha value is -1.49. The minimum atomic E-state index is -4.21. The molecule has 5 heteroatoms. The smallest absolute Gasteiger partial charge is 0.338 e. The van der Waals surface area contributed by atoms with Gasteiger partial charge in [-0.25, -0.2) is 0 Å². The molecule has 1 aromatic heterocycles. The number of hydrogen-bond acceptors (Lipinski definition) is 1. The molecule has 1 heterocycles. The Morgan fingerprint density at radius 1 is 1.19 bits per heavy atom. The van der Waals surface area contributed by atoms with E-state index in [2.05, 4.69) is 0 Å². The van der Waals surface area contributed by atoms with Crippen LogP contribution in [0, 0.1) is 0 Å². The summed E-state index contributed by atoms with van der Waals surface area (Å²) in [7, 11) is 0. The number of alkyl halides is 3. The Kier molecular flexibility index (Phi) is 2.63. The molecule has 2 rings (SSSR count). The fourth-order valence-corrected chi connectivity index (χ4v) is 1.83. The van der Waals surface area contributed by atoms with Gasteiger partial charge >= 0.3 is 6.18 Å². The van der Waals surface area contributed by atoms with E-state index in [-0.39, 0.29) is 6.54 Å². The van der Waals surface area contributed by atoms with E-state index in [4.69, 9.17) is 5.73 Å². The molecule has 0 aliphatic carbocycles. The maximum Gasteiger partial charge on any atom is 0.406 e. The number of nitrogens with two attached hydrogens (primary N) is 1. The van der Waals surface area contributed by atoms with E-state index in [0.29, 0.717) is 5.52 Å². The molecule has 86 valence electrons. The van der Waals surface area contributed by atoms with Crippen LogP contribution in [0.15, 0.2) is 30.5 Å². The van der Waals surface area contributed by atoms with Gasteiger partial charge in [0.15, 0.2) is 0 Å². The van der Waals surface area contributed by atoms with E-state index < -0.39 is 12.7 Å². The summed E-state index contributed by atoms with van der Waals surface area (Å²) < 4.78 is 38.2. The molecule has 2 nitrogen and oxygen atoms in total. The molecule has 0 bridgehead atoms. The van der Waals surface area contributed by atoms with Crippen LogP contribution in [0.25, 0.3) is 10.9 Å². The van der Waals surface area contributed by atoms with E-state index >= 15 is 0 Å². The van der Waals surface area contributed by atoms with Crippen LogP contribution in [0.3, 0.4) is 0 Å². The lowest BCUT2D eigenvalue weighted by atomic mass is 10.1. The van der Waals surface area contributed by atoms with E-state index in [0.717, 1.165) is 10.9 Å². The molecular weight excluding hydrogens is 217 g/mol. The Labute approximate surface area is 90.5 Å². The molecule has 0 spiro atoms. The second kappa shape index (κ2) is 3.83. The average Bonchev–Trinajstić information content (AvgIpc) is 2.59. The van der Waals surface area contributed by atoms with Crippen LogP contribution in [0.5, 0.6) is 0 Å². The van der Waals surface area contributed by atoms with Crippen LogP contribution in [0.4, 0.5) is 13.2 Å². The van der Waals surface area contributed by atoms with E-state index in [9.17, 15) is 13.2 Å². The van der Waals surface area contributed by atoms with Gasteiger partial charge in [-0.1, -0.05) is 18.2 Å². The van der Waals surface area contributed by atoms with Crippen molar-refractivity contribution in [1.82, 2.24) is 4.57 Å². The fourth-order valence-electron chi connectivity index (χ4n) is 1.83. The lowest BCUT2D eigenvalue weighted by Gasteiger charge is -2.11. The number of hydrogen-bond donors (Lipinski definition) is 1. The Morgan fingerprint density at radius 3 is 2.56 bits per heavy atom. The Balaban J connectivity index is 2.54. The lowest BCUT2D eigenvalue weighted by Crippen LogP contribution is -2.17. The van der Waals surface area contributed by atoms with Gasteiger partial charge in [0.05, 0.1) is 5.52 Å². The summed E-state index contributed by atoms with van der Waals surface area (Å²) in [6.07, 6.45) is -2.77. The molecule has 0 radical (unpaired) electrons. The van der Waals surface area contributed by atoms with Crippen molar-refractivity contribution in [2.45, 2.75) is 19.3 Å². The first-order valence-electron chi connectivity index (χ1n) is 4.85. The SMILES string of the molecule is NCc1cccc2ccn(CC(F)(F)F)c12. The van der Waals surface area contributed by atoms with Crippen molar-refractivity contribution < 1.29 is 13.2 Å². The van der Waals surface area contributed by atoms with Crippen molar-refractivity contribution in [2.24, 2.45) is 5.73 Å². The number of rotatable bonds is 2. The van der Waals surface area contributed by atoms with Gasteiger partial charge in [0.25, 0.3) is 0 Å². The highest BCUT2D eigenvalue weighted by Crippen LogP contribution is 2.24. The van der Waals surface area contributed by atoms with Gasteiger partial charge in [-0.15, -0.1) is 0 Å². The first-order chi connectivity index (χ1) is 7.51. The summed E-state index contributed by atoms with van der Waals surface area (Å²) in [4.78, 5) is 0.